The number of amides is 1. The summed E-state index contributed by atoms with van der Waals surface area (Å²) in [6.07, 6.45) is 2.14. The number of carbonyl (C=O) groups is 1. The van der Waals surface area contributed by atoms with Crippen molar-refractivity contribution in [1.29, 1.82) is 0 Å². The van der Waals surface area contributed by atoms with Crippen LogP contribution in [0.2, 0.25) is 0 Å². The average molecular weight is 418 g/mol. The van der Waals surface area contributed by atoms with Gasteiger partial charge in [0.05, 0.1) is 4.90 Å². The monoisotopic (exact) mass is 417 g/mol. The molecule has 1 aliphatic rings. The molecule has 1 aliphatic heterocycles. The summed E-state index contributed by atoms with van der Waals surface area (Å²) in [4.78, 5) is 12.4. The maximum atomic E-state index is 12.8. The fourth-order valence-corrected chi connectivity index (χ4v) is 5.14. The van der Waals surface area contributed by atoms with E-state index in [1.165, 1.54) is 0 Å². The van der Waals surface area contributed by atoms with Gasteiger partial charge in [-0.15, -0.1) is 12.4 Å². The highest BCUT2D eigenvalue weighted by Crippen LogP contribution is 2.29. The predicted octanol–water partition coefficient (Wildman–Crippen LogP) is 2.19. The summed E-state index contributed by atoms with van der Waals surface area (Å²) in [6, 6.07) is 0.139. The summed E-state index contributed by atoms with van der Waals surface area (Å²) in [6.45, 7) is 11.4. The largest absolute Gasteiger partial charge is 0.352 e. The Kier molecular flexibility index (Phi) is 8.73. The summed E-state index contributed by atoms with van der Waals surface area (Å²) < 4.78 is 28.2. The van der Waals surface area contributed by atoms with Gasteiger partial charge >= 0.3 is 0 Å². The van der Waals surface area contributed by atoms with E-state index < -0.39 is 10.0 Å². The average Bonchev–Trinajstić information content (AvgIpc) is 2.59. The van der Waals surface area contributed by atoms with E-state index >= 15 is 0 Å². The minimum atomic E-state index is -3.65. The Hall–Kier alpha value is -1.15. The molecular formula is C19H32ClN3O3S. The first-order valence-corrected chi connectivity index (χ1v) is 10.7. The first-order valence-electron chi connectivity index (χ1n) is 9.22. The molecule has 3 N–H and O–H groups in total. The van der Waals surface area contributed by atoms with Crippen molar-refractivity contribution >= 4 is 28.3 Å². The van der Waals surface area contributed by atoms with Crippen LogP contribution >= 0.6 is 12.4 Å². The number of nitrogens with one attached hydrogen (secondary N) is 3. The van der Waals surface area contributed by atoms with Gasteiger partial charge in [-0.3, -0.25) is 4.79 Å². The Labute approximate surface area is 169 Å². The van der Waals surface area contributed by atoms with E-state index in [0.29, 0.717) is 4.90 Å². The second-order valence-corrected chi connectivity index (χ2v) is 8.92. The minimum absolute atomic E-state index is 0. The molecule has 2 rings (SSSR count). The van der Waals surface area contributed by atoms with Crippen molar-refractivity contribution in [2.24, 2.45) is 0 Å². The number of carbonyl (C=O) groups excluding carboxylic acids is 1. The van der Waals surface area contributed by atoms with E-state index in [4.69, 9.17) is 0 Å². The fourth-order valence-electron chi connectivity index (χ4n) is 3.51. The highest BCUT2D eigenvalue weighted by Gasteiger charge is 2.23. The zero-order valence-electron chi connectivity index (χ0n) is 16.9. The van der Waals surface area contributed by atoms with Crippen molar-refractivity contribution in [3.05, 3.63) is 27.8 Å². The van der Waals surface area contributed by atoms with Gasteiger partial charge in [-0.1, -0.05) is 0 Å². The summed E-state index contributed by atoms with van der Waals surface area (Å²) >= 11 is 0. The van der Waals surface area contributed by atoms with E-state index in [-0.39, 0.29) is 37.3 Å². The van der Waals surface area contributed by atoms with Crippen molar-refractivity contribution in [2.45, 2.75) is 64.8 Å². The van der Waals surface area contributed by atoms with Crippen LogP contribution in [0.3, 0.4) is 0 Å². The van der Waals surface area contributed by atoms with E-state index in [0.717, 1.165) is 53.7 Å². The van der Waals surface area contributed by atoms with Gasteiger partial charge in [0.15, 0.2) is 0 Å². The molecule has 0 aromatic heterocycles. The zero-order chi connectivity index (χ0) is 19.5. The Morgan fingerprint density at radius 1 is 1.04 bits per heavy atom. The van der Waals surface area contributed by atoms with Crippen LogP contribution in [0.15, 0.2) is 4.90 Å². The van der Waals surface area contributed by atoms with Gasteiger partial charge in [0.1, 0.15) is 0 Å². The van der Waals surface area contributed by atoms with Gasteiger partial charge in [0.25, 0.3) is 0 Å². The van der Waals surface area contributed by atoms with Crippen LogP contribution in [0, 0.1) is 34.6 Å². The molecule has 1 aromatic carbocycles. The Balaban J connectivity index is 0.00000364. The lowest BCUT2D eigenvalue weighted by Gasteiger charge is -2.23. The smallest absolute Gasteiger partial charge is 0.241 e. The molecule has 1 fully saturated rings. The van der Waals surface area contributed by atoms with Crippen LogP contribution in [0.4, 0.5) is 0 Å². The van der Waals surface area contributed by atoms with Gasteiger partial charge in [-0.05, 0) is 81.8 Å². The predicted molar refractivity (Wildman–Crippen MR) is 111 cm³/mol. The van der Waals surface area contributed by atoms with Crippen LogP contribution in [-0.4, -0.2) is 40.0 Å². The first kappa shape index (κ1) is 23.9. The summed E-state index contributed by atoms with van der Waals surface area (Å²) in [7, 11) is -3.65. The molecule has 0 aliphatic carbocycles. The third-order valence-electron chi connectivity index (χ3n) is 5.51. The standard InChI is InChI=1S/C19H31N3O3S.ClH/c1-12-13(2)15(4)19(16(5)14(12)3)26(24,25)21-10-8-18(23)22-17-7-6-9-20-11-17;/h17,20-21H,6-11H2,1-5H3,(H,22,23);1H. The molecular weight excluding hydrogens is 386 g/mol. The molecule has 1 aromatic rings. The van der Waals surface area contributed by atoms with Crippen LogP contribution in [-0.2, 0) is 14.8 Å². The van der Waals surface area contributed by atoms with E-state index in [2.05, 4.69) is 15.4 Å². The lowest BCUT2D eigenvalue weighted by Crippen LogP contribution is -2.46. The normalized spacial score (nSPS) is 17.3. The molecule has 1 saturated heterocycles. The first-order chi connectivity index (χ1) is 12.1. The number of halogens is 1. The lowest BCUT2D eigenvalue weighted by molar-refractivity contribution is -0.121. The maximum absolute atomic E-state index is 12.8. The molecule has 1 amide bonds. The number of rotatable bonds is 6. The Morgan fingerprint density at radius 3 is 2.11 bits per heavy atom. The zero-order valence-corrected chi connectivity index (χ0v) is 18.5. The molecule has 1 unspecified atom stereocenters. The van der Waals surface area contributed by atoms with E-state index in [9.17, 15) is 13.2 Å². The summed E-state index contributed by atoms with van der Waals surface area (Å²) in [5.41, 5.74) is 4.66. The second-order valence-electron chi connectivity index (χ2n) is 7.21. The van der Waals surface area contributed by atoms with E-state index in [1.807, 2.05) is 34.6 Å². The van der Waals surface area contributed by atoms with Crippen LogP contribution in [0.1, 0.15) is 47.1 Å². The number of piperidine rings is 1. The highest BCUT2D eigenvalue weighted by molar-refractivity contribution is 7.89. The van der Waals surface area contributed by atoms with Crippen LogP contribution in [0.25, 0.3) is 0 Å². The molecule has 154 valence electrons. The number of hydrogen-bond acceptors (Lipinski definition) is 4. The van der Waals surface area contributed by atoms with Gasteiger partial charge in [-0.25, -0.2) is 13.1 Å². The van der Waals surface area contributed by atoms with Crippen molar-refractivity contribution in [2.75, 3.05) is 19.6 Å². The van der Waals surface area contributed by atoms with Crippen LogP contribution in [0.5, 0.6) is 0 Å². The van der Waals surface area contributed by atoms with Crippen LogP contribution < -0.4 is 15.4 Å². The molecule has 8 heteroatoms. The second kappa shape index (κ2) is 9.87. The van der Waals surface area contributed by atoms with Crippen molar-refractivity contribution < 1.29 is 13.2 Å². The van der Waals surface area contributed by atoms with Gasteiger partial charge < -0.3 is 10.6 Å². The SMILES string of the molecule is Cc1c(C)c(C)c(S(=O)(=O)NCCC(=O)NC2CCCNC2)c(C)c1C.Cl. The quantitative estimate of drug-likeness (QED) is 0.662. The summed E-state index contributed by atoms with van der Waals surface area (Å²) in [5.74, 6) is -0.119. The minimum Gasteiger partial charge on any atom is -0.352 e. The van der Waals surface area contributed by atoms with Crippen molar-refractivity contribution in [1.82, 2.24) is 15.4 Å². The van der Waals surface area contributed by atoms with Crippen molar-refractivity contribution in [3.8, 4) is 0 Å². The topological polar surface area (TPSA) is 87.3 Å². The molecule has 1 heterocycles. The van der Waals surface area contributed by atoms with E-state index in [1.54, 1.807) is 0 Å². The summed E-state index contributed by atoms with van der Waals surface area (Å²) in [5, 5.41) is 6.20. The molecule has 0 spiro atoms. The molecule has 0 bridgehead atoms. The maximum Gasteiger partial charge on any atom is 0.241 e. The molecule has 27 heavy (non-hydrogen) atoms. The van der Waals surface area contributed by atoms with Crippen molar-refractivity contribution in [3.63, 3.8) is 0 Å². The molecule has 6 nitrogen and oxygen atoms in total. The Morgan fingerprint density at radius 2 is 1.59 bits per heavy atom. The van der Waals surface area contributed by atoms with Gasteiger partial charge in [-0.2, -0.15) is 0 Å². The van der Waals surface area contributed by atoms with Gasteiger partial charge in [0, 0.05) is 25.6 Å². The third kappa shape index (κ3) is 5.67. The highest BCUT2D eigenvalue weighted by atomic mass is 35.5. The third-order valence-corrected chi connectivity index (χ3v) is 7.24. The van der Waals surface area contributed by atoms with Gasteiger partial charge in [0.2, 0.25) is 15.9 Å². The number of sulfonamides is 1. The Bertz CT molecular complexity index is 759. The molecule has 0 radical (unpaired) electrons. The molecule has 1 atom stereocenters. The lowest BCUT2D eigenvalue weighted by atomic mass is 9.95. The number of benzene rings is 1. The number of hydrogen-bond donors (Lipinski definition) is 3. The molecule has 0 saturated carbocycles. The fraction of sp³-hybridized carbons (Fsp3) is 0.632.